The van der Waals surface area contributed by atoms with Crippen LogP contribution in [0.25, 0.3) is 0 Å². The van der Waals surface area contributed by atoms with Gasteiger partial charge >= 0.3 is 0 Å². The Kier molecular flexibility index (Phi) is 5.45. The predicted octanol–water partition coefficient (Wildman–Crippen LogP) is 4.11. The highest BCUT2D eigenvalue weighted by molar-refractivity contribution is 5.85. The fraction of sp³-hybridized carbons (Fsp3) is 0.667. The third-order valence-electron chi connectivity index (χ3n) is 6.36. The van der Waals surface area contributed by atoms with Gasteiger partial charge in [0.15, 0.2) is 0 Å². The lowest BCUT2D eigenvalue weighted by atomic mass is 9.91. The minimum atomic E-state index is 0. The topological polar surface area (TPSA) is 32.3 Å². The normalized spacial score (nSPS) is 24.0. The molecule has 1 atom stereocenters. The fourth-order valence-electron chi connectivity index (χ4n) is 4.35. The number of halogens is 1. The first kappa shape index (κ1) is 18.7. The molecule has 1 aliphatic heterocycles. The smallest absolute Gasteiger partial charge is 0.226 e. The van der Waals surface area contributed by atoms with E-state index in [0.717, 1.165) is 26.1 Å². The van der Waals surface area contributed by atoms with Gasteiger partial charge in [0.05, 0.1) is 0 Å². The van der Waals surface area contributed by atoms with E-state index in [1.807, 2.05) is 0 Å². The molecule has 1 N–H and O–H groups in total. The number of piperidine rings is 1. The monoisotopic (exact) mass is 362 g/mol. The molecule has 3 fully saturated rings. The molecule has 0 aromatic heterocycles. The van der Waals surface area contributed by atoms with Gasteiger partial charge in [0, 0.05) is 18.5 Å². The van der Waals surface area contributed by atoms with Crippen LogP contribution in [0, 0.1) is 11.3 Å². The van der Waals surface area contributed by atoms with Crippen LogP contribution in [0.15, 0.2) is 24.3 Å². The number of nitrogens with one attached hydrogen (secondary N) is 1. The first-order chi connectivity index (χ1) is 11.6. The van der Waals surface area contributed by atoms with Gasteiger partial charge in [0.2, 0.25) is 5.91 Å². The summed E-state index contributed by atoms with van der Waals surface area (Å²) in [4.78, 5) is 15.3. The summed E-state index contributed by atoms with van der Waals surface area (Å²) in [6.07, 6.45) is 5.88. The van der Waals surface area contributed by atoms with Crippen molar-refractivity contribution in [1.82, 2.24) is 10.2 Å². The molecule has 1 aromatic carbocycles. The number of benzene rings is 1. The van der Waals surface area contributed by atoms with Gasteiger partial charge in [-0.25, -0.2) is 0 Å². The van der Waals surface area contributed by atoms with Crippen molar-refractivity contribution in [1.29, 1.82) is 0 Å². The molecule has 25 heavy (non-hydrogen) atoms. The van der Waals surface area contributed by atoms with E-state index in [1.54, 1.807) is 0 Å². The van der Waals surface area contributed by atoms with E-state index in [1.165, 1.54) is 36.8 Å². The third-order valence-corrected chi connectivity index (χ3v) is 6.36. The lowest BCUT2D eigenvalue weighted by Gasteiger charge is -2.27. The second kappa shape index (κ2) is 7.28. The van der Waals surface area contributed by atoms with E-state index in [-0.39, 0.29) is 12.4 Å². The highest BCUT2D eigenvalue weighted by Gasteiger charge is 2.59. The Hall–Kier alpha value is -1.06. The summed E-state index contributed by atoms with van der Waals surface area (Å²) in [5.41, 5.74) is 3.00. The molecule has 4 rings (SSSR count). The number of rotatable bonds is 5. The molecule has 3 aliphatic rings. The van der Waals surface area contributed by atoms with Crippen molar-refractivity contribution in [3.05, 3.63) is 35.4 Å². The Morgan fingerprint density at radius 2 is 1.84 bits per heavy atom. The van der Waals surface area contributed by atoms with E-state index in [9.17, 15) is 4.79 Å². The molecule has 1 aromatic rings. The first-order valence-corrected chi connectivity index (χ1v) is 9.69. The van der Waals surface area contributed by atoms with Crippen LogP contribution in [0.4, 0.5) is 0 Å². The van der Waals surface area contributed by atoms with Crippen molar-refractivity contribution in [3.8, 4) is 0 Å². The molecule has 0 bridgehead atoms. The summed E-state index contributed by atoms with van der Waals surface area (Å²) in [7, 11) is 0. The number of amides is 1. The van der Waals surface area contributed by atoms with Crippen LogP contribution in [0.2, 0.25) is 0 Å². The zero-order valence-corrected chi connectivity index (χ0v) is 16.3. The minimum Gasteiger partial charge on any atom is -0.335 e. The first-order valence-electron chi connectivity index (χ1n) is 9.69. The van der Waals surface area contributed by atoms with Crippen LogP contribution in [0.3, 0.4) is 0 Å². The van der Waals surface area contributed by atoms with Crippen molar-refractivity contribution in [2.75, 3.05) is 13.1 Å². The molecule has 2 saturated carbocycles. The van der Waals surface area contributed by atoms with Crippen molar-refractivity contribution >= 4 is 18.3 Å². The molecular formula is C21H31ClN2O. The Labute approximate surface area is 158 Å². The summed E-state index contributed by atoms with van der Waals surface area (Å²) < 4.78 is 0. The maximum absolute atomic E-state index is 13.1. The largest absolute Gasteiger partial charge is 0.335 e. The molecular weight excluding hydrogens is 332 g/mol. The van der Waals surface area contributed by atoms with Crippen LogP contribution in [0.5, 0.6) is 0 Å². The van der Waals surface area contributed by atoms with Crippen molar-refractivity contribution in [3.63, 3.8) is 0 Å². The second-order valence-electron chi connectivity index (χ2n) is 8.46. The number of nitrogens with zero attached hydrogens (tertiary/aromatic N) is 1. The average molecular weight is 363 g/mol. The molecule has 1 amide bonds. The number of hydrogen-bond acceptors (Lipinski definition) is 2. The zero-order chi connectivity index (χ0) is 16.7. The fourth-order valence-corrected chi connectivity index (χ4v) is 4.35. The lowest BCUT2D eigenvalue weighted by molar-refractivity contribution is -0.134. The Balaban J connectivity index is 0.00000182. The Morgan fingerprint density at radius 3 is 2.40 bits per heavy atom. The summed E-state index contributed by atoms with van der Waals surface area (Å²) in [6, 6.07) is 9.37. The van der Waals surface area contributed by atoms with E-state index >= 15 is 0 Å². The van der Waals surface area contributed by atoms with Crippen LogP contribution >= 0.6 is 12.4 Å². The summed E-state index contributed by atoms with van der Waals surface area (Å²) in [5, 5.41) is 3.43. The SMILES string of the molecule is CC(C)c1ccc(CN(C(=O)C2CC23CCNCC3)C2CC2)cc1.Cl. The number of hydrogen-bond donors (Lipinski definition) is 1. The molecule has 0 radical (unpaired) electrons. The van der Waals surface area contributed by atoms with Crippen LogP contribution in [-0.4, -0.2) is 29.9 Å². The molecule has 1 heterocycles. The highest BCUT2D eigenvalue weighted by atomic mass is 35.5. The molecule has 1 unspecified atom stereocenters. The van der Waals surface area contributed by atoms with E-state index < -0.39 is 0 Å². The Bertz CT molecular complexity index is 603. The van der Waals surface area contributed by atoms with Gasteiger partial charge in [0.25, 0.3) is 0 Å². The maximum Gasteiger partial charge on any atom is 0.226 e. The van der Waals surface area contributed by atoms with Crippen molar-refractivity contribution in [2.45, 2.75) is 64.5 Å². The van der Waals surface area contributed by atoms with Gasteiger partial charge in [-0.15, -0.1) is 12.4 Å². The van der Waals surface area contributed by atoms with Gasteiger partial charge < -0.3 is 10.2 Å². The minimum absolute atomic E-state index is 0. The van der Waals surface area contributed by atoms with E-state index in [2.05, 4.69) is 48.3 Å². The van der Waals surface area contributed by atoms with Gasteiger partial charge in [-0.2, -0.15) is 0 Å². The molecule has 2 aliphatic carbocycles. The molecule has 138 valence electrons. The molecule has 3 nitrogen and oxygen atoms in total. The molecule has 1 saturated heterocycles. The van der Waals surface area contributed by atoms with Gasteiger partial charge in [-0.3, -0.25) is 4.79 Å². The molecule has 4 heteroatoms. The second-order valence-corrected chi connectivity index (χ2v) is 8.46. The van der Waals surface area contributed by atoms with Gasteiger partial charge in [0.1, 0.15) is 0 Å². The van der Waals surface area contributed by atoms with E-state index in [4.69, 9.17) is 0 Å². The third kappa shape index (κ3) is 3.88. The number of carbonyl (C=O) groups is 1. The van der Waals surface area contributed by atoms with E-state index in [0.29, 0.717) is 29.2 Å². The van der Waals surface area contributed by atoms with Crippen molar-refractivity contribution < 1.29 is 4.79 Å². The quantitative estimate of drug-likeness (QED) is 0.854. The van der Waals surface area contributed by atoms with Crippen LogP contribution in [-0.2, 0) is 11.3 Å². The highest BCUT2D eigenvalue weighted by Crippen LogP contribution is 2.59. The van der Waals surface area contributed by atoms with Gasteiger partial charge in [-0.1, -0.05) is 38.1 Å². The maximum atomic E-state index is 13.1. The zero-order valence-electron chi connectivity index (χ0n) is 15.5. The standard InChI is InChI=1S/C21H30N2O.ClH/c1-15(2)17-5-3-16(4-6-17)14-23(18-7-8-18)20(24)19-13-21(19)9-11-22-12-10-21;/h3-6,15,18-19,22H,7-14H2,1-2H3;1H. The van der Waals surface area contributed by atoms with Crippen LogP contribution in [0.1, 0.15) is 63.0 Å². The van der Waals surface area contributed by atoms with Crippen molar-refractivity contribution in [2.24, 2.45) is 11.3 Å². The van der Waals surface area contributed by atoms with Crippen LogP contribution < -0.4 is 5.32 Å². The average Bonchev–Trinajstić information content (AvgIpc) is 3.50. The predicted molar refractivity (Wildman–Crippen MR) is 104 cm³/mol. The Morgan fingerprint density at radius 1 is 1.20 bits per heavy atom. The lowest BCUT2D eigenvalue weighted by Crippen LogP contribution is -2.37. The number of carbonyl (C=O) groups excluding carboxylic acids is 1. The summed E-state index contributed by atoms with van der Waals surface area (Å²) >= 11 is 0. The summed E-state index contributed by atoms with van der Waals surface area (Å²) in [5.74, 6) is 1.30. The van der Waals surface area contributed by atoms with Gasteiger partial charge in [-0.05, 0) is 67.7 Å². The summed E-state index contributed by atoms with van der Waals surface area (Å²) in [6.45, 7) is 7.42. The molecule has 1 spiro atoms.